The van der Waals surface area contributed by atoms with Crippen LogP contribution in [0.2, 0.25) is 0 Å². The molecule has 19 heavy (non-hydrogen) atoms. The Kier molecular flexibility index (Phi) is 5.53. The van der Waals surface area contributed by atoms with Gasteiger partial charge in [-0.1, -0.05) is 6.07 Å². The molecule has 0 bridgehead atoms. The number of fused-ring (bicyclic) bond motifs is 1. The van der Waals surface area contributed by atoms with Gasteiger partial charge in [0.15, 0.2) is 5.65 Å². The van der Waals surface area contributed by atoms with E-state index in [1.807, 2.05) is 24.4 Å². The molecule has 104 valence electrons. The topological polar surface area (TPSA) is 71.3 Å². The summed E-state index contributed by atoms with van der Waals surface area (Å²) in [4.78, 5) is 11.9. The second-order valence-corrected chi connectivity index (χ2v) is 4.13. The second-order valence-electron chi connectivity index (χ2n) is 4.13. The number of amides is 1. The smallest absolute Gasteiger partial charge is 0.235 e. The number of carbonyl (C=O) groups is 1. The van der Waals surface area contributed by atoms with Gasteiger partial charge in [0, 0.05) is 12.7 Å². The van der Waals surface area contributed by atoms with Crippen LogP contribution in [0, 0.1) is 5.92 Å². The van der Waals surface area contributed by atoms with E-state index < -0.39 is 0 Å². The lowest BCUT2D eigenvalue weighted by atomic mass is 10.1. The summed E-state index contributed by atoms with van der Waals surface area (Å²) in [5, 5.41) is 13.9. The average molecular weight is 304 g/mol. The molecule has 0 saturated carbocycles. The van der Waals surface area contributed by atoms with E-state index in [1.54, 1.807) is 4.40 Å². The van der Waals surface area contributed by atoms with Crippen molar-refractivity contribution in [2.24, 2.45) is 5.92 Å². The summed E-state index contributed by atoms with van der Waals surface area (Å²) in [5.41, 5.74) is 0.729. The molecule has 2 aromatic heterocycles. The zero-order valence-electron chi connectivity index (χ0n) is 10.1. The molecule has 8 heteroatoms. The molecule has 1 unspecified atom stereocenters. The molecule has 3 heterocycles. The van der Waals surface area contributed by atoms with Crippen molar-refractivity contribution in [2.75, 3.05) is 18.4 Å². The van der Waals surface area contributed by atoms with E-state index in [9.17, 15) is 4.79 Å². The first-order chi connectivity index (χ1) is 8.34. The predicted octanol–water partition coefficient (Wildman–Crippen LogP) is 1.12. The van der Waals surface area contributed by atoms with E-state index in [1.165, 1.54) is 0 Å². The van der Waals surface area contributed by atoms with Gasteiger partial charge in [-0.15, -0.1) is 35.0 Å². The molecule has 1 amide bonds. The van der Waals surface area contributed by atoms with Crippen molar-refractivity contribution in [1.29, 1.82) is 0 Å². The molecule has 1 fully saturated rings. The Bertz CT molecular complexity index is 553. The Morgan fingerprint density at radius 3 is 2.95 bits per heavy atom. The van der Waals surface area contributed by atoms with Gasteiger partial charge in [0.25, 0.3) is 0 Å². The maximum atomic E-state index is 11.9. The highest BCUT2D eigenvalue weighted by atomic mass is 35.5. The van der Waals surface area contributed by atoms with Gasteiger partial charge in [-0.05, 0) is 25.1 Å². The first kappa shape index (κ1) is 15.7. The zero-order valence-corrected chi connectivity index (χ0v) is 11.7. The average Bonchev–Trinajstić information content (AvgIpc) is 2.98. The highest BCUT2D eigenvalue weighted by Crippen LogP contribution is 2.12. The van der Waals surface area contributed by atoms with Gasteiger partial charge in [0.1, 0.15) is 0 Å². The number of halogens is 2. The fourth-order valence-corrected chi connectivity index (χ4v) is 2.02. The molecule has 0 aromatic carbocycles. The third-order valence-corrected chi connectivity index (χ3v) is 2.98. The maximum absolute atomic E-state index is 11.9. The normalized spacial score (nSPS) is 17.6. The third kappa shape index (κ3) is 3.15. The second kappa shape index (κ2) is 6.70. The number of hydrogen-bond acceptors (Lipinski definition) is 4. The largest absolute Gasteiger partial charge is 0.316 e. The Labute approximate surface area is 122 Å². The summed E-state index contributed by atoms with van der Waals surface area (Å²) in [7, 11) is 0. The molecule has 2 N–H and O–H groups in total. The Morgan fingerprint density at radius 2 is 2.21 bits per heavy atom. The molecule has 1 atom stereocenters. The summed E-state index contributed by atoms with van der Waals surface area (Å²) < 4.78 is 1.76. The van der Waals surface area contributed by atoms with E-state index in [0.717, 1.165) is 25.2 Å². The van der Waals surface area contributed by atoms with Crippen LogP contribution < -0.4 is 10.6 Å². The molecule has 1 aliphatic heterocycles. The molecule has 6 nitrogen and oxygen atoms in total. The standard InChI is InChI=1S/C11H13N5O.2ClH/c17-10(8-4-5-12-7-8)13-11-15-14-9-3-1-2-6-16(9)11;;/h1-3,6,8,12H,4-5,7H2,(H,13,15,17);2*1H. The highest BCUT2D eigenvalue weighted by molar-refractivity contribution is 5.91. The van der Waals surface area contributed by atoms with Crippen LogP contribution in [0.15, 0.2) is 24.4 Å². The number of pyridine rings is 1. The molecular formula is C11H15Cl2N5O. The van der Waals surface area contributed by atoms with Gasteiger partial charge in [0.05, 0.1) is 5.92 Å². The van der Waals surface area contributed by atoms with E-state index in [-0.39, 0.29) is 36.6 Å². The van der Waals surface area contributed by atoms with Crippen molar-refractivity contribution in [3.63, 3.8) is 0 Å². The molecule has 3 rings (SSSR count). The molecular weight excluding hydrogens is 289 g/mol. The van der Waals surface area contributed by atoms with Crippen LogP contribution in [0.25, 0.3) is 5.65 Å². The minimum Gasteiger partial charge on any atom is -0.316 e. The molecule has 0 spiro atoms. The van der Waals surface area contributed by atoms with Gasteiger partial charge in [0.2, 0.25) is 11.9 Å². The van der Waals surface area contributed by atoms with Crippen molar-refractivity contribution in [2.45, 2.75) is 6.42 Å². The van der Waals surface area contributed by atoms with Crippen molar-refractivity contribution in [3.05, 3.63) is 24.4 Å². The number of anilines is 1. The van der Waals surface area contributed by atoms with Crippen LogP contribution in [0.3, 0.4) is 0 Å². The highest BCUT2D eigenvalue weighted by Gasteiger charge is 2.23. The van der Waals surface area contributed by atoms with Gasteiger partial charge < -0.3 is 5.32 Å². The van der Waals surface area contributed by atoms with Gasteiger partial charge >= 0.3 is 0 Å². The van der Waals surface area contributed by atoms with Crippen LogP contribution in [0.5, 0.6) is 0 Å². The molecule has 0 radical (unpaired) electrons. The van der Waals surface area contributed by atoms with E-state index >= 15 is 0 Å². The van der Waals surface area contributed by atoms with Crippen LogP contribution in [-0.2, 0) is 4.79 Å². The third-order valence-electron chi connectivity index (χ3n) is 2.98. The number of aromatic nitrogens is 3. The lowest BCUT2D eigenvalue weighted by molar-refractivity contribution is -0.119. The Hall–Kier alpha value is -1.37. The summed E-state index contributed by atoms with van der Waals surface area (Å²) in [6.45, 7) is 1.64. The van der Waals surface area contributed by atoms with Crippen molar-refractivity contribution < 1.29 is 4.79 Å². The Balaban J connectivity index is 0.000000902. The van der Waals surface area contributed by atoms with Crippen LogP contribution >= 0.6 is 24.8 Å². The molecule has 2 aromatic rings. The number of nitrogens with one attached hydrogen (secondary N) is 2. The quantitative estimate of drug-likeness (QED) is 0.872. The molecule has 0 aliphatic carbocycles. The van der Waals surface area contributed by atoms with Crippen molar-refractivity contribution in [1.82, 2.24) is 19.9 Å². The minimum absolute atomic E-state index is 0. The van der Waals surface area contributed by atoms with E-state index in [2.05, 4.69) is 20.8 Å². The lowest BCUT2D eigenvalue weighted by Gasteiger charge is -2.07. The molecule has 1 aliphatic rings. The molecule has 1 saturated heterocycles. The first-order valence-corrected chi connectivity index (χ1v) is 5.66. The van der Waals surface area contributed by atoms with Gasteiger partial charge in [-0.2, -0.15) is 0 Å². The zero-order chi connectivity index (χ0) is 11.7. The first-order valence-electron chi connectivity index (χ1n) is 5.66. The number of carbonyl (C=O) groups excluding carboxylic acids is 1. The predicted molar refractivity (Wildman–Crippen MR) is 77.1 cm³/mol. The van der Waals surface area contributed by atoms with Crippen molar-refractivity contribution >= 4 is 42.3 Å². The lowest BCUT2D eigenvalue weighted by Crippen LogP contribution is -2.25. The SMILES string of the molecule is Cl.Cl.O=C(Nc1nnc2ccccn12)C1CCNC1. The fourth-order valence-electron chi connectivity index (χ4n) is 2.02. The number of hydrogen-bond donors (Lipinski definition) is 2. The maximum Gasteiger partial charge on any atom is 0.235 e. The van der Waals surface area contributed by atoms with Crippen molar-refractivity contribution in [3.8, 4) is 0 Å². The number of nitrogens with zero attached hydrogens (tertiary/aromatic N) is 3. The summed E-state index contributed by atoms with van der Waals surface area (Å²) in [5.74, 6) is 0.525. The minimum atomic E-state index is 0. The fraction of sp³-hybridized carbons (Fsp3) is 0.364. The van der Waals surface area contributed by atoms with Crippen LogP contribution in [-0.4, -0.2) is 33.6 Å². The Morgan fingerprint density at radius 1 is 1.37 bits per heavy atom. The van der Waals surface area contributed by atoms with Gasteiger partial charge in [-0.3, -0.25) is 14.5 Å². The van der Waals surface area contributed by atoms with Crippen LogP contribution in [0.4, 0.5) is 5.95 Å². The van der Waals surface area contributed by atoms with E-state index in [0.29, 0.717) is 5.95 Å². The van der Waals surface area contributed by atoms with Crippen LogP contribution in [0.1, 0.15) is 6.42 Å². The van der Waals surface area contributed by atoms with Gasteiger partial charge in [-0.25, -0.2) is 0 Å². The summed E-state index contributed by atoms with van der Waals surface area (Å²) in [6, 6.07) is 5.61. The summed E-state index contributed by atoms with van der Waals surface area (Å²) in [6.07, 6.45) is 2.71. The monoisotopic (exact) mass is 303 g/mol. The van der Waals surface area contributed by atoms with E-state index in [4.69, 9.17) is 0 Å². The number of rotatable bonds is 2. The summed E-state index contributed by atoms with van der Waals surface area (Å²) >= 11 is 0.